The van der Waals surface area contributed by atoms with Crippen LogP contribution in [0.1, 0.15) is 65.8 Å². The van der Waals surface area contributed by atoms with Crippen molar-refractivity contribution in [2.45, 2.75) is 50.9 Å². The van der Waals surface area contributed by atoms with Crippen molar-refractivity contribution in [3.8, 4) is 0 Å². The highest BCUT2D eigenvalue weighted by Crippen LogP contribution is 2.60. The molecule has 4 fully saturated rings. The Kier molecular flexibility index (Phi) is 3.92. The maximum absolute atomic E-state index is 12.4. The first-order chi connectivity index (χ1) is 13.1. The molecule has 0 unspecified atom stereocenters. The fraction of sp³-hybridized carbons (Fsp3) is 0.500. The Morgan fingerprint density at radius 2 is 1.78 bits per heavy atom. The molecular formula is C22H26N4O. The van der Waals surface area contributed by atoms with E-state index < -0.39 is 0 Å². The summed E-state index contributed by atoms with van der Waals surface area (Å²) in [7, 11) is 0. The van der Waals surface area contributed by atoms with E-state index in [9.17, 15) is 4.79 Å². The van der Waals surface area contributed by atoms with Gasteiger partial charge in [0.05, 0.1) is 6.21 Å². The normalized spacial score (nSPS) is 31.5. The zero-order valence-corrected chi connectivity index (χ0v) is 15.7. The molecule has 0 aliphatic heterocycles. The molecule has 4 saturated carbocycles. The zero-order chi connectivity index (χ0) is 18.4. The van der Waals surface area contributed by atoms with Crippen LogP contribution in [-0.2, 0) is 5.41 Å². The third kappa shape index (κ3) is 3.09. The van der Waals surface area contributed by atoms with E-state index in [1.807, 2.05) is 37.3 Å². The summed E-state index contributed by atoms with van der Waals surface area (Å²) < 4.78 is 0. The first-order valence-corrected chi connectivity index (χ1v) is 10.1. The van der Waals surface area contributed by atoms with Crippen LogP contribution in [0.5, 0.6) is 0 Å². The number of hydrogen-bond donors (Lipinski definition) is 2. The van der Waals surface area contributed by atoms with Gasteiger partial charge in [-0.2, -0.15) is 10.2 Å². The second kappa shape index (κ2) is 6.32. The van der Waals surface area contributed by atoms with Crippen molar-refractivity contribution in [2.75, 3.05) is 0 Å². The Balaban J connectivity index is 1.28. The molecule has 4 aliphatic rings. The second-order valence-electron chi connectivity index (χ2n) is 8.97. The maximum atomic E-state index is 12.4. The highest BCUT2D eigenvalue weighted by molar-refractivity contribution is 5.93. The van der Waals surface area contributed by atoms with Crippen molar-refractivity contribution in [1.82, 2.24) is 15.6 Å². The van der Waals surface area contributed by atoms with Crippen LogP contribution in [0.25, 0.3) is 0 Å². The van der Waals surface area contributed by atoms with Crippen LogP contribution in [0.3, 0.4) is 0 Å². The van der Waals surface area contributed by atoms with Gasteiger partial charge in [-0.05, 0) is 74.8 Å². The summed E-state index contributed by atoms with van der Waals surface area (Å²) in [6.07, 6.45) is 9.66. The molecule has 140 valence electrons. The average molecular weight is 362 g/mol. The number of amides is 1. The molecule has 5 nitrogen and oxygen atoms in total. The van der Waals surface area contributed by atoms with E-state index in [1.54, 1.807) is 6.21 Å². The minimum Gasteiger partial charge on any atom is -0.281 e. The van der Waals surface area contributed by atoms with Gasteiger partial charge in [0, 0.05) is 11.1 Å². The van der Waals surface area contributed by atoms with Gasteiger partial charge in [-0.3, -0.25) is 9.89 Å². The number of carbonyl (C=O) groups excluding carboxylic acids is 1. The van der Waals surface area contributed by atoms with E-state index in [-0.39, 0.29) is 11.3 Å². The predicted molar refractivity (Wildman–Crippen MR) is 105 cm³/mol. The summed E-state index contributed by atoms with van der Waals surface area (Å²) in [5.41, 5.74) is 6.57. The number of hydrogen-bond acceptors (Lipinski definition) is 3. The molecule has 5 heteroatoms. The van der Waals surface area contributed by atoms with E-state index in [4.69, 9.17) is 0 Å². The molecular weight excluding hydrogens is 336 g/mol. The number of rotatable bonds is 4. The van der Waals surface area contributed by atoms with E-state index >= 15 is 0 Å². The summed E-state index contributed by atoms with van der Waals surface area (Å²) in [4.78, 5) is 12.4. The number of aromatic amines is 1. The lowest BCUT2D eigenvalue weighted by molar-refractivity contribution is -0.00721. The molecule has 4 aliphatic carbocycles. The van der Waals surface area contributed by atoms with Crippen LogP contribution in [0, 0.1) is 24.7 Å². The first-order valence-electron chi connectivity index (χ1n) is 10.1. The molecule has 2 N–H and O–H groups in total. The van der Waals surface area contributed by atoms with Crippen LogP contribution >= 0.6 is 0 Å². The number of H-pyrrole nitrogens is 1. The molecule has 1 amide bonds. The third-order valence-electron chi connectivity index (χ3n) is 6.88. The molecule has 6 rings (SSSR count). The lowest BCUT2D eigenvalue weighted by Gasteiger charge is -2.56. The minimum atomic E-state index is -0.259. The molecule has 2 aromatic rings. The second-order valence-corrected chi connectivity index (χ2v) is 8.97. The third-order valence-corrected chi connectivity index (χ3v) is 6.88. The van der Waals surface area contributed by atoms with Crippen LogP contribution in [0.2, 0.25) is 0 Å². The Hall–Kier alpha value is -2.43. The Morgan fingerprint density at radius 1 is 1.15 bits per heavy atom. The lowest BCUT2D eigenvalue weighted by atomic mass is 9.49. The van der Waals surface area contributed by atoms with E-state index in [2.05, 4.69) is 20.7 Å². The Labute approximate surface area is 159 Å². The van der Waals surface area contributed by atoms with Crippen LogP contribution in [0.4, 0.5) is 0 Å². The van der Waals surface area contributed by atoms with Gasteiger partial charge in [-0.25, -0.2) is 5.43 Å². The highest BCUT2D eigenvalue weighted by atomic mass is 16.2. The standard InChI is InChI=1S/C22H26N4O/c1-14-2-4-15(5-3-14)13-23-26-21(27)19-9-20(25-24-19)22-10-16-6-17(11-22)8-18(7-16)12-22/h2-5,9,13,16-18H,6-8,10-12H2,1H3,(H,24,25)(H,26,27)/b23-13-. The zero-order valence-electron chi connectivity index (χ0n) is 15.7. The minimum absolute atomic E-state index is 0.228. The number of hydrazone groups is 1. The summed E-state index contributed by atoms with van der Waals surface area (Å²) in [5, 5.41) is 11.6. The molecule has 0 spiro atoms. The van der Waals surface area contributed by atoms with Gasteiger partial charge in [0.2, 0.25) is 0 Å². The first kappa shape index (κ1) is 16.7. The average Bonchev–Trinajstić information content (AvgIpc) is 3.13. The Bertz CT molecular complexity index is 845. The molecule has 0 saturated heterocycles. The molecule has 4 bridgehead atoms. The number of nitrogens with one attached hydrogen (secondary N) is 2. The number of carbonyl (C=O) groups is 1. The van der Waals surface area contributed by atoms with Crippen molar-refractivity contribution < 1.29 is 4.79 Å². The SMILES string of the molecule is Cc1ccc(/C=N\NC(=O)c2cc(C34CC5CC(CC(C5)C3)C4)[nH]n2)cc1. The monoisotopic (exact) mass is 362 g/mol. The molecule has 0 radical (unpaired) electrons. The smallest absolute Gasteiger partial charge is 0.281 e. The van der Waals surface area contributed by atoms with E-state index in [0.717, 1.165) is 29.0 Å². The van der Waals surface area contributed by atoms with Gasteiger partial charge in [0.15, 0.2) is 5.69 Å². The van der Waals surface area contributed by atoms with Gasteiger partial charge < -0.3 is 0 Å². The quantitative estimate of drug-likeness (QED) is 0.639. The van der Waals surface area contributed by atoms with Crippen molar-refractivity contribution in [2.24, 2.45) is 22.9 Å². The maximum Gasteiger partial charge on any atom is 0.291 e. The fourth-order valence-corrected chi connectivity index (χ4v) is 6.03. The lowest BCUT2D eigenvalue weighted by Crippen LogP contribution is -2.48. The van der Waals surface area contributed by atoms with Crippen molar-refractivity contribution in [3.63, 3.8) is 0 Å². The molecule has 1 heterocycles. The van der Waals surface area contributed by atoms with Gasteiger partial charge in [0.25, 0.3) is 5.91 Å². The molecule has 1 aromatic carbocycles. The van der Waals surface area contributed by atoms with E-state index in [0.29, 0.717) is 5.69 Å². The van der Waals surface area contributed by atoms with Crippen LogP contribution in [0.15, 0.2) is 35.4 Å². The Morgan fingerprint density at radius 3 is 2.41 bits per heavy atom. The van der Waals surface area contributed by atoms with Gasteiger partial charge in [0.1, 0.15) is 0 Å². The largest absolute Gasteiger partial charge is 0.291 e. The summed E-state index contributed by atoms with van der Waals surface area (Å²) in [6.45, 7) is 2.04. The van der Waals surface area contributed by atoms with Crippen molar-refractivity contribution in [1.29, 1.82) is 0 Å². The summed E-state index contributed by atoms with van der Waals surface area (Å²) >= 11 is 0. The van der Waals surface area contributed by atoms with Crippen molar-refractivity contribution >= 4 is 12.1 Å². The van der Waals surface area contributed by atoms with Gasteiger partial charge in [-0.15, -0.1) is 0 Å². The van der Waals surface area contributed by atoms with Crippen molar-refractivity contribution in [3.05, 3.63) is 52.8 Å². The molecule has 1 aromatic heterocycles. The van der Waals surface area contributed by atoms with Gasteiger partial charge >= 0.3 is 0 Å². The van der Waals surface area contributed by atoms with E-state index in [1.165, 1.54) is 44.1 Å². The summed E-state index contributed by atoms with van der Waals surface area (Å²) in [6, 6.07) is 9.96. The number of aromatic nitrogens is 2. The van der Waals surface area contributed by atoms with Crippen LogP contribution < -0.4 is 5.43 Å². The topological polar surface area (TPSA) is 70.1 Å². The molecule has 27 heavy (non-hydrogen) atoms. The predicted octanol–water partition coefficient (Wildman–Crippen LogP) is 3.95. The molecule has 0 atom stereocenters. The summed E-state index contributed by atoms with van der Waals surface area (Å²) in [5.74, 6) is 2.35. The fourth-order valence-electron chi connectivity index (χ4n) is 6.03. The number of aryl methyl sites for hydroxylation is 1. The number of benzene rings is 1. The van der Waals surface area contributed by atoms with Crippen LogP contribution in [-0.4, -0.2) is 22.3 Å². The highest BCUT2D eigenvalue weighted by Gasteiger charge is 2.52. The number of nitrogens with zero attached hydrogens (tertiary/aromatic N) is 2. The van der Waals surface area contributed by atoms with Gasteiger partial charge in [-0.1, -0.05) is 29.8 Å².